The largest absolute Gasteiger partial charge is 0.294 e. The first-order valence-corrected chi connectivity index (χ1v) is 6.59. The number of halogens is 1. The Morgan fingerprint density at radius 3 is 2.52 bits per heavy atom. The van der Waals surface area contributed by atoms with E-state index in [2.05, 4.69) is 0 Å². The van der Waals surface area contributed by atoms with Gasteiger partial charge < -0.3 is 0 Å². The van der Waals surface area contributed by atoms with Gasteiger partial charge in [-0.15, -0.1) is 0 Å². The zero-order valence-corrected chi connectivity index (χ0v) is 11.1. The average molecular weight is 282 g/mol. The highest BCUT2D eigenvalue weighted by Crippen LogP contribution is 2.23. The quantitative estimate of drug-likeness (QED) is 0.806. The molecule has 0 saturated heterocycles. The molecule has 5 heteroatoms. The van der Waals surface area contributed by atoms with Crippen molar-refractivity contribution in [1.29, 1.82) is 5.26 Å². The maximum absolute atomic E-state index is 13.0. The van der Waals surface area contributed by atoms with Gasteiger partial charge in [-0.3, -0.25) is 14.2 Å². The van der Waals surface area contributed by atoms with Gasteiger partial charge in [-0.05, 0) is 42.7 Å². The summed E-state index contributed by atoms with van der Waals surface area (Å²) in [5.41, 5.74) is 0.917. The van der Waals surface area contributed by atoms with Crippen molar-refractivity contribution in [1.82, 2.24) is 4.57 Å². The predicted octanol–water partition coefficient (Wildman–Crippen LogP) is 2.37. The maximum Gasteiger partial charge on any atom is 0.273 e. The number of pyridine rings is 1. The summed E-state index contributed by atoms with van der Waals surface area (Å²) in [4.78, 5) is 24.4. The Hall–Kier alpha value is -2.74. The van der Waals surface area contributed by atoms with E-state index < -0.39 is 11.4 Å². The summed E-state index contributed by atoms with van der Waals surface area (Å²) in [6.07, 6.45) is 3.09. The van der Waals surface area contributed by atoms with Crippen molar-refractivity contribution in [3.05, 3.63) is 63.3 Å². The molecule has 2 aromatic rings. The standard InChI is InChI=1S/C16H11FN2O2/c17-10-4-6-11(7-5-10)19-9-14-12(2-1-3-15(14)20)13(8-18)16(19)21/h4-7,9H,1-3H2. The second-order valence-electron chi connectivity index (χ2n) is 4.94. The minimum Gasteiger partial charge on any atom is -0.294 e. The molecular formula is C16H11FN2O2. The van der Waals surface area contributed by atoms with Crippen LogP contribution in [0.3, 0.4) is 0 Å². The third kappa shape index (κ3) is 2.15. The van der Waals surface area contributed by atoms with E-state index in [-0.39, 0.29) is 11.3 Å². The highest BCUT2D eigenvalue weighted by molar-refractivity contribution is 5.98. The van der Waals surface area contributed by atoms with Crippen molar-refractivity contribution < 1.29 is 9.18 Å². The van der Waals surface area contributed by atoms with E-state index in [0.717, 1.165) is 0 Å². The van der Waals surface area contributed by atoms with Crippen LogP contribution in [0, 0.1) is 17.1 Å². The minimum atomic E-state index is -0.474. The molecule has 0 N–H and O–H groups in total. The molecule has 0 amide bonds. The molecule has 1 aliphatic rings. The molecule has 0 spiro atoms. The van der Waals surface area contributed by atoms with Crippen LogP contribution in [-0.2, 0) is 6.42 Å². The van der Waals surface area contributed by atoms with Crippen LogP contribution >= 0.6 is 0 Å². The minimum absolute atomic E-state index is 0.00451. The van der Waals surface area contributed by atoms with Crippen LogP contribution in [0.15, 0.2) is 35.3 Å². The zero-order valence-electron chi connectivity index (χ0n) is 11.1. The number of fused-ring (bicyclic) bond motifs is 1. The van der Waals surface area contributed by atoms with Crippen LogP contribution in [0.1, 0.15) is 34.3 Å². The monoisotopic (exact) mass is 282 g/mol. The first kappa shape index (κ1) is 13.3. The Morgan fingerprint density at radius 1 is 1.14 bits per heavy atom. The van der Waals surface area contributed by atoms with Crippen LogP contribution in [0.4, 0.5) is 4.39 Å². The van der Waals surface area contributed by atoms with Crippen molar-refractivity contribution in [2.75, 3.05) is 0 Å². The highest BCUT2D eigenvalue weighted by atomic mass is 19.1. The van der Waals surface area contributed by atoms with Gasteiger partial charge in [0.05, 0.1) is 0 Å². The Morgan fingerprint density at radius 2 is 1.86 bits per heavy atom. The molecule has 104 valence electrons. The second-order valence-corrected chi connectivity index (χ2v) is 4.94. The number of ketones is 1. The summed E-state index contributed by atoms with van der Waals surface area (Å²) in [5, 5.41) is 9.24. The lowest BCUT2D eigenvalue weighted by Crippen LogP contribution is -2.27. The second kappa shape index (κ2) is 4.98. The maximum atomic E-state index is 13.0. The zero-order chi connectivity index (χ0) is 15.0. The summed E-state index contributed by atoms with van der Waals surface area (Å²) in [5.74, 6) is -0.482. The fraction of sp³-hybridized carbons (Fsp3) is 0.188. The first-order valence-electron chi connectivity index (χ1n) is 6.59. The van der Waals surface area contributed by atoms with Crippen molar-refractivity contribution >= 4 is 5.78 Å². The van der Waals surface area contributed by atoms with Gasteiger partial charge in [0.25, 0.3) is 5.56 Å². The lowest BCUT2D eigenvalue weighted by atomic mass is 9.89. The van der Waals surface area contributed by atoms with Crippen LogP contribution in [0.2, 0.25) is 0 Å². The first-order chi connectivity index (χ1) is 10.1. The molecule has 0 atom stereocenters. The van der Waals surface area contributed by atoms with E-state index in [4.69, 9.17) is 0 Å². The smallest absolute Gasteiger partial charge is 0.273 e. The van der Waals surface area contributed by atoms with Crippen LogP contribution in [0.25, 0.3) is 5.69 Å². The third-order valence-electron chi connectivity index (χ3n) is 3.67. The van der Waals surface area contributed by atoms with Gasteiger partial charge >= 0.3 is 0 Å². The third-order valence-corrected chi connectivity index (χ3v) is 3.67. The van der Waals surface area contributed by atoms with Crippen LogP contribution < -0.4 is 5.56 Å². The summed E-state index contributed by atoms with van der Waals surface area (Å²) in [7, 11) is 0. The number of rotatable bonds is 1. The van der Waals surface area contributed by atoms with Crippen molar-refractivity contribution in [3.8, 4) is 11.8 Å². The van der Waals surface area contributed by atoms with Gasteiger partial charge in [-0.1, -0.05) is 0 Å². The van der Waals surface area contributed by atoms with Gasteiger partial charge in [-0.2, -0.15) is 5.26 Å². The Balaban J connectivity index is 2.30. The Labute approximate surface area is 120 Å². The normalized spacial score (nSPS) is 13.6. The topological polar surface area (TPSA) is 62.9 Å². The van der Waals surface area contributed by atoms with Gasteiger partial charge in [0.1, 0.15) is 17.4 Å². The number of Topliss-reactive ketones (excluding diaryl/α,β-unsaturated/α-hetero) is 1. The fourth-order valence-electron chi connectivity index (χ4n) is 2.62. The molecule has 21 heavy (non-hydrogen) atoms. The predicted molar refractivity (Wildman–Crippen MR) is 74.0 cm³/mol. The Bertz CT molecular complexity index is 829. The summed E-state index contributed by atoms with van der Waals surface area (Å²) in [6, 6.07) is 7.25. The van der Waals surface area contributed by atoms with E-state index in [1.165, 1.54) is 35.0 Å². The van der Waals surface area contributed by atoms with E-state index in [1.807, 2.05) is 6.07 Å². The molecule has 3 rings (SSSR count). The number of nitrogens with zero attached hydrogens (tertiary/aromatic N) is 2. The SMILES string of the molecule is N#Cc1c2c(cn(-c3ccc(F)cc3)c1=O)C(=O)CCC2. The molecule has 1 aromatic heterocycles. The molecule has 1 aliphatic carbocycles. The van der Waals surface area contributed by atoms with Gasteiger partial charge in [-0.25, -0.2) is 4.39 Å². The van der Waals surface area contributed by atoms with E-state index in [1.54, 1.807) is 0 Å². The molecule has 0 unspecified atom stereocenters. The Kier molecular flexibility index (Phi) is 3.15. The fourth-order valence-corrected chi connectivity index (χ4v) is 2.62. The molecule has 0 saturated carbocycles. The number of carbonyl (C=O) groups excluding carboxylic acids is 1. The number of hydrogen-bond acceptors (Lipinski definition) is 3. The lowest BCUT2D eigenvalue weighted by Gasteiger charge is -2.18. The van der Waals surface area contributed by atoms with Crippen molar-refractivity contribution in [2.24, 2.45) is 0 Å². The number of hydrogen-bond donors (Lipinski definition) is 0. The van der Waals surface area contributed by atoms with Crippen LogP contribution in [-0.4, -0.2) is 10.4 Å². The molecular weight excluding hydrogens is 271 g/mol. The highest BCUT2D eigenvalue weighted by Gasteiger charge is 2.24. The van der Waals surface area contributed by atoms with Gasteiger partial charge in [0.2, 0.25) is 0 Å². The van der Waals surface area contributed by atoms with Crippen LogP contribution in [0.5, 0.6) is 0 Å². The molecule has 0 fully saturated rings. The van der Waals surface area contributed by atoms with Gasteiger partial charge in [0, 0.05) is 23.9 Å². The number of aromatic nitrogens is 1. The van der Waals surface area contributed by atoms with Gasteiger partial charge in [0.15, 0.2) is 5.78 Å². The number of benzene rings is 1. The average Bonchev–Trinajstić information content (AvgIpc) is 2.48. The van der Waals surface area contributed by atoms with E-state index in [9.17, 15) is 19.2 Å². The molecule has 4 nitrogen and oxygen atoms in total. The molecule has 0 aliphatic heterocycles. The molecule has 1 heterocycles. The molecule has 0 bridgehead atoms. The summed E-state index contributed by atoms with van der Waals surface area (Å²) in [6.45, 7) is 0. The number of nitriles is 1. The van der Waals surface area contributed by atoms with E-state index in [0.29, 0.717) is 36.1 Å². The summed E-state index contributed by atoms with van der Waals surface area (Å²) >= 11 is 0. The lowest BCUT2D eigenvalue weighted by molar-refractivity contribution is 0.0971. The molecule has 1 aromatic carbocycles. The van der Waals surface area contributed by atoms with Crippen molar-refractivity contribution in [3.63, 3.8) is 0 Å². The summed E-state index contributed by atoms with van der Waals surface area (Å²) < 4.78 is 14.2. The molecule has 0 radical (unpaired) electrons. The van der Waals surface area contributed by atoms with Crippen molar-refractivity contribution in [2.45, 2.75) is 19.3 Å². The van der Waals surface area contributed by atoms with E-state index >= 15 is 0 Å². The number of carbonyl (C=O) groups is 1.